The van der Waals surface area contributed by atoms with Crippen molar-refractivity contribution in [2.75, 3.05) is 12.8 Å². The van der Waals surface area contributed by atoms with Crippen LogP contribution < -0.4 is 5.73 Å². The molecule has 0 fully saturated rings. The first kappa shape index (κ1) is 8.99. The van der Waals surface area contributed by atoms with Crippen LogP contribution >= 0.6 is 15.9 Å². The van der Waals surface area contributed by atoms with Gasteiger partial charge < -0.3 is 10.5 Å². The molecule has 0 amide bonds. The second-order valence-corrected chi connectivity index (χ2v) is 2.81. The van der Waals surface area contributed by atoms with Gasteiger partial charge in [-0.15, -0.1) is 0 Å². The van der Waals surface area contributed by atoms with Crippen molar-refractivity contribution in [3.63, 3.8) is 0 Å². The largest absolute Gasteiger partial charge is 0.465 e. The van der Waals surface area contributed by atoms with Crippen LogP contribution in [0.4, 0.5) is 5.69 Å². The summed E-state index contributed by atoms with van der Waals surface area (Å²) in [7, 11) is 1.29. The Hall–Kier alpha value is -1.10. The highest BCUT2D eigenvalue weighted by Crippen LogP contribution is 2.20. The Balaban J connectivity index is 3.21. The molecule has 4 nitrogen and oxygen atoms in total. The number of carbonyl (C=O) groups excluding carboxylic acids is 1. The van der Waals surface area contributed by atoms with Crippen LogP contribution in [0.3, 0.4) is 0 Å². The first-order chi connectivity index (χ1) is 5.66. The number of nitrogens with two attached hydrogens (primary N) is 1. The fraction of sp³-hybridized carbons (Fsp3) is 0.143. The maximum atomic E-state index is 11.1. The summed E-state index contributed by atoms with van der Waals surface area (Å²) in [5.41, 5.74) is 6.14. The zero-order valence-electron chi connectivity index (χ0n) is 6.37. The summed E-state index contributed by atoms with van der Waals surface area (Å²) in [5, 5.41) is 0. The molecule has 1 aromatic rings. The molecule has 0 atom stereocenters. The van der Waals surface area contributed by atoms with Crippen LogP contribution in [0.1, 0.15) is 10.4 Å². The molecule has 0 radical (unpaired) electrons. The Morgan fingerprint density at radius 2 is 2.42 bits per heavy atom. The highest BCUT2D eigenvalue weighted by molar-refractivity contribution is 9.10. The van der Waals surface area contributed by atoms with E-state index in [4.69, 9.17) is 5.73 Å². The molecule has 12 heavy (non-hydrogen) atoms. The molecular formula is C7H7BrN2O2. The zero-order valence-corrected chi connectivity index (χ0v) is 7.96. The van der Waals surface area contributed by atoms with Gasteiger partial charge in [-0.25, -0.2) is 9.78 Å². The highest BCUT2D eigenvalue weighted by Gasteiger charge is 2.14. The third-order valence-corrected chi connectivity index (χ3v) is 1.93. The van der Waals surface area contributed by atoms with Gasteiger partial charge in [-0.3, -0.25) is 0 Å². The number of halogens is 1. The maximum absolute atomic E-state index is 11.1. The average molecular weight is 231 g/mol. The van der Waals surface area contributed by atoms with Crippen LogP contribution in [0, 0.1) is 0 Å². The van der Waals surface area contributed by atoms with Gasteiger partial charge in [0.2, 0.25) is 0 Å². The molecule has 64 valence electrons. The predicted octanol–water partition coefficient (Wildman–Crippen LogP) is 1.21. The van der Waals surface area contributed by atoms with Crippen molar-refractivity contribution in [1.82, 2.24) is 4.98 Å². The number of rotatable bonds is 1. The zero-order chi connectivity index (χ0) is 9.14. The molecule has 1 aromatic heterocycles. The topological polar surface area (TPSA) is 65.2 Å². The molecule has 0 unspecified atom stereocenters. The van der Waals surface area contributed by atoms with Gasteiger partial charge in [0.25, 0.3) is 0 Å². The second-order valence-electron chi connectivity index (χ2n) is 2.06. The first-order valence-corrected chi connectivity index (χ1v) is 3.94. The van der Waals surface area contributed by atoms with E-state index in [1.165, 1.54) is 19.4 Å². The normalized spacial score (nSPS) is 9.50. The number of nitrogens with zero attached hydrogens (tertiary/aromatic N) is 1. The van der Waals surface area contributed by atoms with Crippen molar-refractivity contribution >= 4 is 27.6 Å². The van der Waals surface area contributed by atoms with Gasteiger partial charge in [0.15, 0.2) is 0 Å². The van der Waals surface area contributed by atoms with Crippen LogP contribution in [0.5, 0.6) is 0 Å². The number of hydrogen-bond acceptors (Lipinski definition) is 4. The minimum absolute atomic E-state index is 0.264. The Morgan fingerprint density at radius 1 is 1.75 bits per heavy atom. The summed E-state index contributed by atoms with van der Waals surface area (Å²) < 4.78 is 4.91. The van der Waals surface area contributed by atoms with Gasteiger partial charge in [-0.05, 0) is 22.0 Å². The van der Waals surface area contributed by atoms with E-state index in [0.29, 0.717) is 10.3 Å². The monoisotopic (exact) mass is 230 g/mol. The number of methoxy groups -OCH3 is 1. The first-order valence-electron chi connectivity index (χ1n) is 3.15. The molecule has 0 aliphatic heterocycles. The molecule has 1 heterocycles. The van der Waals surface area contributed by atoms with E-state index in [9.17, 15) is 4.79 Å². The predicted molar refractivity (Wildman–Crippen MR) is 47.7 cm³/mol. The lowest BCUT2D eigenvalue weighted by Gasteiger charge is -2.03. The van der Waals surface area contributed by atoms with E-state index in [1.807, 2.05) is 0 Å². The van der Waals surface area contributed by atoms with Crippen LogP contribution in [0.2, 0.25) is 0 Å². The molecule has 0 saturated carbocycles. The molecule has 1 rings (SSSR count). The summed E-state index contributed by atoms with van der Waals surface area (Å²) in [4.78, 5) is 14.9. The highest BCUT2D eigenvalue weighted by atomic mass is 79.9. The van der Waals surface area contributed by atoms with E-state index < -0.39 is 5.97 Å². The number of ether oxygens (including phenoxy) is 1. The van der Waals surface area contributed by atoms with E-state index in [0.717, 1.165) is 0 Å². The van der Waals surface area contributed by atoms with E-state index >= 15 is 0 Å². The van der Waals surface area contributed by atoms with Gasteiger partial charge in [0.05, 0.1) is 12.8 Å². The standard InChI is InChI=1S/C7H7BrN2O2/c1-12-7(11)5-4(9)2-3-10-6(5)8/h2-3H,1H3,(H2,9,10). The Bertz CT molecular complexity index is 294. The lowest BCUT2D eigenvalue weighted by molar-refractivity contribution is 0.0600. The number of anilines is 1. The lowest BCUT2D eigenvalue weighted by atomic mass is 10.2. The van der Waals surface area contributed by atoms with Gasteiger partial charge in [0, 0.05) is 6.20 Å². The van der Waals surface area contributed by atoms with Crippen LogP contribution in [-0.4, -0.2) is 18.1 Å². The molecule has 5 heteroatoms. The number of hydrogen-bond donors (Lipinski definition) is 1. The number of esters is 1. The summed E-state index contributed by atoms with van der Waals surface area (Å²) in [6.45, 7) is 0. The van der Waals surface area contributed by atoms with Crippen molar-refractivity contribution < 1.29 is 9.53 Å². The van der Waals surface area contributed by atoms with Crippen molar-refractivity contribution in [3.05, 3.63) is 22.4 Å². The quantitative estimate of drug-likeness (QED) is 0.582. The fourth-order valence-electron chi connectivity index (χ4n) is 0.754. The molecule has 0 spiro atoms. The van der Waals surface area contributed by atoms with E-state index in [1.54, 1.807) is 0 Å². The average Bonchev–Trinajstić information content (AvgIpc) is 2.03. The molecule has 0 saturated heterocycles. The van der Waals surface area contributed by atoms with Gasteiger partial charge >= 0.3 is 5.97 Å². The molecular weight excluding hydrogens is 224 g/mol. The van der Waals surface area contributed by atoms with Crippen molar-refractivity contribution in [1.29, 1.82) is 0 Å². The molecule has 0 aromatic carbocycles. The number of carbonyl (C=O) groups is 1. The Kier molecular flexibility index (Phi) is 2.65. The minimum atomic E-state index is -0.493. The molecule has 0 bridgehead atoms. The number of pyridine rings is 1. The minimum Gasteiger partial charge on any atom is -0.465 e. The molecule has 0 aliphatic rings. The Morgan fingerprint density at radius 3 is 2.92 bits per heavy atom. The SMILES string of the molecule is COC(=O)c1c(N)ccnc1Br. The van der Waals surface area contributed by atoms with Crippen molar-refractivity contribution in [3.8, 4) is 0 Å². The summed E-state index contributed by atoms with van der Waals surface area (Å²) in [6, 6.07) is 1.54. The van der Waals surface area contributed by atoms with Gasteiger partial charge in [-0.1, -0.05) is 0 Å². The number of nitrogen functional groups attached to an aromatic ring is 1. The molecule has 0 aliphatic carbocycles. The van der Waals surface area contributed by atoms with E-state index in [2.05, 4.69) is 25.7 Å². The maximum Gasteiger partial charge on any atom is 0.342 e. The lowest BCUT2D eigenvalue weighted by Crippen LogP contribution is -2.07. The fourth-order valence-corrected chi connectivity index (χ4v) is 1.26. The smallest absolute Gasteiger partial charge is 0.342 e. The van der Waals surface area contributed by atoms with Crippen molar-refractivity contribution in [2.24, 2.45) is 0 Å². The van der Waals surface area contributed by atoms with E-state index in [-0.39, 0.29) is 5.56 Å². The summed E-state index contributed by atoms with van der Waals surface area (Å²) in [6.07, 6.45) is 1.51. The second kappa shape index (κ2) is 3.53. The van der Waals surface area contributed by atoms with Crippen LogP contribution in [-0.2, 0) is 4.74 Å². The van der Waals surface area contributed by atoms with Gasteiger partial charge in [-0.2, -0.15) is 0 Å². The molecule has 2 N–H and O–H groups in total. The van der Waals surface area contributed by atoms with Crippen LogP contribution in [0.25, 0.3) is 0 Å². The Labute approximate surface area is 77.9 Å². The van der Waals surface area contributed by atoms with Gasteiger partial charge in [0.1, 0.15) is 10.2 Å². The van der Waals surface area contributed by atoms with Crippen molar-refractivity contribution in [2.45, 2.75) is 0 Å². The number of aromatic nitrogens is 1. The summed E-state index contributed by atoms with van der Waals surface area (Å²) in [5.74, 6) is -0.493. The third kappa shape index (κ3) is 1.55. The summed E-state index contributed by atoms with van der Waals surface area (Å²) >= 11 is 3.10. The van der Waals surface area contributed by atoms with Crippen LogP contribution in [0.15, 0.2) is 16.9 Å². The third-order valence-electron chi connectivity index (χ3n) is 1.33.